The van der Waals surface area contributed by atoms with E-state index in [1.54, 1.807) is 0 Å². The molecule has 5 rings (SSSR count). The maximum absolute atomic E-state index is 13.3. The Morgan fingerprint density at radius 1 is 1.18 bits per heavy atom. The summed E-state index contributed by atoms with van der Waals surface area (Å²) in [6.45, 7) is 12.6. The van der Waals surface area contributed by atoms with Crippen LogP contribution >= 0.6 is 11.3 Å². The molecule has 0 spiro atoms. The number of rotatable bonds is 5. The van der Waals surface area contributed by atoms with Gasteiger partial charge in [-0.2, -0.15) is 0 Å². The minimum atomic E-state index is -0.387. The molecule has 3 heterocycles. The number of thiophene rings is 1. The predicted octanol–water partition coefficient (Wildman–Crippen LogP) is 5.09. The lowest BCUT2D eigenvalue weighted by atomic mass is 9.71. The molecular weight excluding hydrogens is 520 g/mol. The van der Waals surface area contributed by atoms with Crippen LogP contribution in [0.25, 0.3) is 10.2 Å². The molecule has 3 amide bonds. The number of hydrogen-bond acceptors (Lipinski definition) is 6. The second kappa shape index (κ2) is 11.5. The van der Waals surface area contributed by atoms with E-state index >= 15 is 0 Å². The number of nitrogens with two attached hydrogens (primary N) is 1. The van der Waals surface area contributed by atoms with Crippen molar-refractivity contribution in [2.75, 3.05) is 25.0 Å². The molecule has 1 aliphatic heterocycles. The normalized spacial score (nSPS) is 22.1. The lowest BCUT2D eigenvalue weighted by molar-refractivity contribution is 0.0942. The number of hydrogen-bond donors (Lipinski definition) is 4. The fourth-order valence-corrected chi connectivity index (χ4v) is 6.95. The van der Waals surface area contributed by atoms with Crippen molar-refractivity contribution >= 4 is 39.2 Å². The van der Waals surface area contributed by atoms with Crippen LogP contribution in [0.5, 0.6) is 0 Å². The summed E-state index contributed by atoms with van der Waals surface area (Å²) >= 11 is 1.43. The average Bonchev–Trinajstić information content (AvgIpc) is 3.32. The number of carbonyl (C=O) groups excluding carboxylic acids is 2. The first-order chi connectivity index (χ1) is 19.0. The Hall–Kier alpha value is -3.01. The van der Waals surface area contributed by atoms with E-state index in [1.807, 2.05) is 35.2 Å². The first-order valence-electron chi connectivity index (χ1n) is 14.4. The number of carbonyl (C=O) groups is 2. The van der Waals surface area contributed by atoms with Gasteiger partial charge in [-0.25, -0.2) is 9.78 Å². The molecule has 8 nitrogen and oxygen atoms in total. The van der Waals surface area contributed by atoms with Gasteiger partial charge in [-0.05, 0) is 79.8 Å². The van der Waals surface area contributed by atoms with Crippen molar-refractivity contribution in [1.82, 2.24) is 20.5 Å². The molecule has 2 aromatic heterocycles. The van der Waals surface area contributed by atoms with Crippen molar-refractivity contribution in [2.45, 2.75) is 72.0 Å². The van der Waals surface area contributed by atoms with Gasteiger partial charge in [0.1, 0.15) is 4.83 Å². The minimum Gasteiger partial charge on any atom is -0.343 e. The molecule has 9 heteroatoms. The number of anilines is 1. The average molecular weight is 563 g/mol. The number of urea groups is 1. The topological polar surface area (TPSA) is 112 Å². The Labute approximate surface area is 241 Å². The van der Waals surface area contributed by atoms with E-state index in [9.17, 15) is 9.59 Å². The van der Waals surface area contributed by atoms with Gasteiger partial charge in [-0.15, -0.1) is 11.3 Å². The van der Waals surface area contributed by atoms with Crippen molar-refractivity contribution in [1.29, 1.82) is 0 Å². The van der Waals surface area contributed by atoms with E-state index < -0.39 is 0 Å². The molecule has 3 aromatic rings. The summed E-state index contributed by atoms with van der Waals surface area (Å²) in [5.74, 6) is 0.470. The first-order valence-corrected chi connectivity index (χ1v) is 15.2. The lowest BCUT2D eigenvalue weighted by Crippen LogP contribution is -2.56. The largest absolute Gasteiger partial charge is 0.343 e. The summed E-state index contributed by atoms with van der Waals surface area (Å²) < 4.78 is 0. The van der Waals surface area contributed by atoms with Crippen LogP contribution < -0.4 is 21.7 Å². The monoisotopic (exact) mass is 562 g/mol. The van der Waals surface area contributed by atoms with Gasteiger partial charge in [0.25, 0.3) is 5.91 Å². The number of nitrogens with zero attached hydrogens (tertiary/aromatic N) is 2. The summed E-state index contributed by atoms with van der Waals surface area (Å²) in [6.07, 6.45) is 3.17. The third kappa shape index (κ3) is 6.32. The molecule has 214 valence electrons. The highest BCUT2D eigenvalue weighted by molar-refractivity contribution is 7.20. The summed E-state index contributed by atoms with van der Waals surface area (Å²) in [6, 6.07) is 11.7. The molecule has 1 aliphatic carbocycles. The number of amides is 3. The minimum absolute atomic E-state index is 0.125. The van der Waals surface area contributed by atoms with Gasteiger partial charge in [-0.3, -0.25) is 4.79 Å². The van der Waals surface area contributed by atoms with Gasteiger partial charge < -0.3 is 26.6 Å². The van der Waals surface area contributed by atoms with Gasteiger partial charge >= 0.3 is 6.03 Å². The van der Waals surface area contributed by atoms with Crippen molar-refractivity contribution in [2.24, 2.45) is 17.1 Å². The summed E-state index contributed by atoms with van der Waals surface area (Å²) in [4.78, 5) is 34.5. The number of benzene rings is 1. The molecule has 40 heavy (non-hydrogen) atoms. The van der Waals surface area contributed by atoms with Crippen molar-refractivity contribution in [3.05, 3.63) is 58.1 Å². The second-order valence-electron chi connectivity index (χ2n) is 12.6. The Morgan fingerprint density at radius 2 is 1.93 bits per heavy atom. The zero-order valence-electron chi connectivity index (χ0n) is 24.2. The molecule has 0 bridgehead atoms. The van der Waals surface area contributed by atoms with E-state index in [2.05, 4.69) is 56.6 Å². The van der Waals surface area contributed by atoms with Crippen molar-refractivity contribution < 1.29 is 9.59 Å². The Morgan fingerprint density at radius 3 is 2.62 bits per heavy atom. The van der Waals surface area contributed by atoms with Crippen LogP contribution in [0.1, 0.15) is 73.6 Å². The maximum atomic E-state index is 13.3. The fraction of sp³-hybridized carbons (Fsp3) is 0.516. The van der Waals surface area contributed by atoms with E-state index in [1.165, 1.54) is 22.6 Å². The number of nitrogens with one attached hydrogen (secondary N) is 3. The summed E-state index contributed by atoms with van der Waals surface area (Å²) in [7, 11) is 0. The molecule has 1 aromatic carbocycles. The Bertz CT molecular complexity index is 1390. The van der Waals surface area contributed by atoms with Crippen molar-refractivity contribution in [3.63, 3.8) is 0 Å². The number of fused-ring (bicyclic) bond motifs is 2. The number of aromatic nitrogens is 1. The van der Waals surface area contributed by atoms with E-state index in [0.717, 1.165) is 35.0 Å². The van der Waals surface area contributed by atoms with Crippen LogP contribution in [0.4, 0.5) is 10.5 Å². The predicted molar refractivity (Wildman–Crippen MR) is 163 cm³/mol. The molecule has 2 aliphatic rings. The smallest absolute Gasteiger partial charge is 0.321 e. The quantitative estimate of drug-likeness (QED) is 0.346. The van der Waals surface area contributed by atoms with Crippen LogP contribution in [-0.2, 0) is 12.8 Å². The molecule has 1 saturated heterocycles. The molecule has 1 fully saturated rings. The molecule has 0 saturated carbocycles. The second-order valence-corrected chi connectivity index (χ2v) is 13.6. The lowest BCUT2D eigenvalue weighted by Gasteiger charge is -2.36. The van der Waals surface area contributed by atoms with Crippen LogP contribution in [0.2, 0.25) is 0 Å². The van der Waals surface area contributed by atoms with E-state index in [-0.39, 0.29) is 42.0 Å². The van der Waals surface area contributed by atoms with Gasteiger partial charge in [-0.1, -0.05) is 32.9 Å². The molecule has 0 unspecified atom stereocenters. The highest BCUT2D eigenvalue weighted by Gasteiger charge is 2.30. The van der Waals surface area contributed by atoms with Crippen LogP contribution in [-0.4, -0.2) is 53.5 Å². The molecule has 4 atom stereocenters. The zero-order valence-corrected chi connectivity index (χ0v) is 25.0. The number of aryl methyl sites for hydroxylation is 1. The Balaban J connectivity index is 1.28. The molecule has 0 radical (unpaired) electrons. The van der Waals surface area contributed by atoms with Gasteiger partial charge in [0.05, 0.1) is 10.9 Å². The third-order valence-electron chi connectivity index (χ3n) is 8.25. The van der Waals surface area contributed by atoms with Gasteiger partial charge in [0.2, 0.25) is 0 Å². The molecular formula is C31H42N6O2S. The van der Waals surface area contributed by atoms with E-state index in [0.29, 0.717) is 29.6 Å². The van der Waals surface area contributed by atoms with Crippen molar-refractivity contribution in [3.8, 4) is 0 Å². The summed E-state index contributed by atoms with van der Waals surface area (Å²) in [5, 5.41) is 10.6. The highest BCUT2D eigenvalue weighted by atomic mass is 32.1. The van der Waals surface area contributed by atoms with Crippen LogP contribution in [0.3, 0.4) is 0 Å². The highest BCUT2D eigenvalue weighted by Crippen LogP contribution is 2.38. The summed E-state index contributed by atoms with van der Waals surface area (Å²) in [5.41, 5.74) is 10.4. The number of piperazine rings is 1. The Kier molecular flexibility index (Phi) is 8.17. The maximum Gasteiger partial charge on any atom is 0.321 e. The first kappa shape index (κ1) is 28.5. The molecule has 5 N–H and O–H groups in total. The van der Waals surface area contributed by atoms with Gasteiger partial charge in [0, 0.05) is 48.5 Å². The standard InChI is InChI=1S/C31H42N6O2S/c1-18-16-37(17-19(2)33-18)30(39)34-24-8-6-7-20(13-24)26(15-32)35-28(38)27-14-22-11-21-12-23(31(3,4)5)9-10-25(21)36-29(22)40-27/h6-8,11,13-14,18-19,23,26,33H,9-10,12,15-17,32H2,1-5H3,(H,34,39)(H,35,38)/t18-,19+,23-,26-/m1/s1. The fourth-order valence-electron chi connectivity index (χ4n) is 6.01. The van der Waals surface area contributed by atoms with Crippen LogP contribution in [0, 0.1) is 11.3 Å². The third-order valence-corrected chi connectivity index (χ3v) is 9.29. The zero-order chi connectivity index (χ0) is 28.6. The van der Waals surface area contributed by atoms with E-state index in [4.69, 9.17) is 10.7 Å². The number of pyridine rings is 1. The van der Waals surface area contributed by atoms with Gasteiger partial charge in [0.15, 0.2) is 0 Å². The van der Waals surface area contributed by atoms with Crippen LogP contribution in [0.15, 0.2) is 36.4 Å². The SMILES string of the molecule is C[C@@H]1CN(C(=O)Nc2cccc([C@@H](CN)NC(=O)c3cc4cc5c(nc4s3)CC[C@@H](C(C)(C)C)C5)c2)C[C@H](C)N1.